The van der Waals surface area contributed by atoms with Gasteiger partial charge in [0.05, 0.1) is 10.6 Å². The Kier molecular flexibility index (Phi) is 5.90. The fraction of sp³-hybridized carbons (Fsp3) is 0.208. The average Bonchev–Trinajstić information content (AvgIpc) is 3.02. The van der Waals surface area contributed by atoms with E-state index in [0.29, 0.717) is 22.9 Å². The van der Waals surface area contributed by atoms with Crippen molar-refractivity contribution >= 4 is 27.2 Å². The summed E-state index contributed by atoms with van der Waals surface area (Å²) in [5.41, 5.74) is 6.08. The monoisotopic (exact) mass is 462 g/mol. The molecule has 8 nitrogen and oxygen atoms in total. The number of hydrogen-bond donors (Lipinski definition) is 2. The largest absolute Gasteiger partial charge is 0.339 e. The summed E-state index contributed by atoms with van der Waals surface area (Å²) in [6.07, 6.45) is 0. The molecule has 0 atom stereocenters. The highest BCUT2D eigenvalue weighted by Gasteiger charge is 2.17. The van der Waals surface area contributed by atoms with Crippen molar-refractivity contribution in [2.24, 2.45) is 0 Å². The van der Waals surface area contributed by atoms with Crippen LogP contribution in [0.15, 0.2) is 59.5 Å². The van der Waals surface area contributed by atoms with Gasteiger partial charge in [0.1, 0.15) is 0 Å². The van der Waals surface area contributed by atoms with Gasteiger partial charge in [0.2, 0.25) is 0 Å². The highest BCUT2D eigenvalue weighted by Crippen LogP contribution is 2.23. The maximum Gasteiger partial charge on any atom is 0.262 e. The lowest BCUT2D eigenvalue weighted by molar-refractivity contribution is 0.600. The number of sulfonamides is 1. The van der Waals surface area contributed by atoms with Gasteiger partial charge in [-0.15, -0.1) is 10.2 Å². The molecular formula is C24H26N6O2S. The lowest BCUT2D eigenvalue weighted by Gasteiger charge is -2.12. The normalized spacial score (nSPS) is 11.4. The molecule has 4 aromatic rings. The SMILES string of the molecule is Cc1ccc(S(=O)(=O)Nc2ccc(Nc3ccc(-n4nc(C)c(C)c4C)nn3)cc2)c(C)c1. The van der Waals surface area contributed by atoms with Crippen molar-refractivity contribution in [3.63, 3.8) is 0 Å². The number of nitrogens with zero attached hydrogens (tertiary/aromatic N) is 4. The Hall–Kier alpha value is -3.72. The number of anilines is 3. The van der Waals surface area contributed by atoms with Crippen LogP contribution in [0.4, 0.5) is 17.2 Å². The molecule has 2 heterocycles. The van der Waals surface area contributed by atoms with Crippen molar-refractivity contribution in [2.75, 3.05) is 10.0 Å². The first kappa shape index (κ1) is 22.5. The molecule has 0 unspecified atom stereocenters. The van der Waals surface area contributed by atoms with Gasteiger partial charge in [0.25, 0.3) is 10.0 Å². The fourth-order valence-electron chi connectivity index (χ4n) is 3.53. The number of benzene rings is 2. The van der Waals surface area contributed by atoms with Gasteiger partial charge in [-0.2, -0.15) is 5.10 Å². The molecule has 0 aliphatic rings. The minimum absolute atomic E-state index is 0.267. The summed E-state index contributed by atoms with van der Waals surface area (Å²) in [5.74, 6) is 1.21. The van der Waals surface area contributed by atoms with Crippen molar-refractivity contribution in [3.05, 3.63) is 82.7 Å². The maximum absolute atomic E-state index is 12.8. The Morgan fingerprint density at radius 3 is 2.09 bits per heavy atom. The number of rotatable bonds is 6. The van der Waals surface area contributed by atoms with E-state index in [9.17, 15) is 8.42 Å². The van der Waals surface area contributed by atoms with Crippen LogP contribution >= 0.6 is 0 Å². The highest BCUT2D eigenvalue weighted by atomic mass is 32.2. The molecule has 33 heavy (non-hydrogen) atoms. The van der Waals surface area contributed by atoms with Crippen molar-refractivity contribution < 1.29 is 8.42 Å². The Balaban J connectivity index is 1.46. The third-order valence-corrected chi connectivity index (χ3v) is 7.09. The first-order valence-corrected chi connectivity index (χ1v) is 12.0. The molecule has 2 aromatic carbocycles. The Morgan fingerprint density at radius 1 is 0.818 bits per heavy atom. The summed E-state index contributed by atoms with van der Waals surface area (Å²) in [4.78, 5) is 0.267. The number of aromatic nitrogens is 4. The van der Waals surface area contributed by atoms with Crippen LogP contribution in [0.5, 0.6) is 0 Å². The predicted molar refractivity (Wildman–Crippen MR) is 130 cm³/mol. The molecule has 0 radical (unpaired) electrons. The molecule has 170 valence electrons. The molecule has 0 saturated heterocycles. The molecular weight excluding hydrogens is 436 g/mol. The van der Waals surface area contributed by atoms with Crippen LogP contribution < -0.4 is 10.0 Å². The molecule has 2 aromatic heterocycles. The molecule has 4 rings (SSSR count). The second-order valence-electron chi connectivity index (χ2n) is 8.06. The summed E-state index contributed by atoms with van der Waals surface area (Å²) in [7, 11) is -3.67. The zero-order valence-corrected chi connectivity index (χ0v) is 20.0. The van der Waals surface area contributed by atoms with Gasteiger partial charge >= 0.3 is 0 Å². The van der Waals surface area contributed by atoms with Gasteiger partial charge in [-0.05, 0) is 88.2 Å². The number of nitrogens with one attached hydrogen (secondary N) is 2. The topological polar surface area (TPSA) is 102 Å². The van der Waals surface area contributed by atoms with E-state index in [4.69, 9.17) is 0 Å². The predicted octanol–water partition coefficient (Wildman–Crippen LogP) is 4.75. The van der Waals surface area contributed by atoms with Crippen molar-refractivity contribution in [1.29, 1.82) is 0 Å². The van der Waals surface area contributed by atoms with Gasteiger partial charge in [0, 0.05) is 17.1 Å². The van der Waals surface area contributed by atoms with Gasteiger partial charge in [0.15, 0.2) is 11.6 Å². The van der Waals surface area contributed by atoms with Crippen LogP contribution in [0.3, 0.4) is 0 Å². The third-order valence-electron chi connectivity index (χ3n) is 5.55. The summed E-state index contributed by atoms with van der Waals surface area (Å²) in [5, 5.41) is 16.2. The second kappa shape index (κ2) is 8.67. The molecule has 0 amide bonds. The van der Waals surface area contributed by atoms with E-state index >= 15 is 0 Å². The fourth-order valence-corrected chi connectivity index (χ4v) is 4.82. The smallest absolute Gasteiger partial charge is 0.262 e. The second-order valence-corrected chi connectivity index (χ2v) is 9.71. The van der Waals surface area contributed by atoms with Crippen LogP contribution in [0.2, 0.25) is 0 Å². The molecule has 2 N–H and O–H groups in total. The Morgan fingerprint density at radius 2 is 1.52 bits per heavy atom. The quantitative estimate of drug-likeness (QED) is 0.429. The van der Waals surface area contributed by atoms with E-state index in [1.54, 1.807) is 48.0 Å². The lowest BCUT2D eigenvalue weighted by Crippen LogP contribution is -2.14. The minimum Gasteiger partial charge on any atom is -0.339 e. The van der Waals surface area contributed by atoms with Gasteiger partial charge in [-0.3, -0.25) is 4.72 Å². The standard InChI is InChI=1S/C24H26N6O2S/c1-15-6-11-22(16(2)14-15)33(31,32)29-21-9-7-20(8-10-21)25-23-12-13-24(27-26-23)30-19(5)17(3)18(4)28-30/h6-14,29H,1-5H3,(H,25,26). The first-order valence-electron chi connectivity index (χ1n) is 10.5. The van der Waals surface area contributed by atoms with E-state index in [1.165, 1.54) is 0 Å². The van der Waals surface area contributed by atoms with E-state index < -0.39 is 10.0 Å². The number of hydrogen-bond acceptors (Lipinski definition) is 6. The van der Waals surface area contributed by atoms with Gasteiger partial charge in [-0.25, -0.2) is 13.1 Å². The Labute approximate surface area is 193 Å². The number of aryl methyl sites for hydroxylation is 3. The van der Waals surface area contributed by atoms with Crippen LogP contribution in [-0.2, 0) is 10.0 Å². The zero-order chi connectivity index (χ0) is 23.8. The molecule has 0 aliphatic heterocycles. The molecule has 0 bridgehead atoms. The molecule has 9 heteroatoms. The van der Waals surface area contributed by atoms with Crippen LogP contribution in [0.1, 0.15) is 28.1 Å². The van der Waals surface area contributed by atoms with E-state index in [2.05, 4.69) is 25.3 Å². The molecule has 0 fully saturated rings. The van der Waals surface area contributed by atoms with Crippen LogP contribution in [0.25, 0.3) is 5.82 Å². The average molecular weight is 463 g/mol. The van der Waals surface area contributed by atoms with E-state index in [-0.39, 0.29) is 4.90 Å². The summed E-state index contributed by atoms with van der Waals surface area (Å²) in [6.45, 7) is 9.72. The van der Waals surface area contributed by atoms with Crippen molar-refractivity contribution in [3.8, 4) is 5.82 Å². The van der Waals surface area contributed by atoms with E-state index in [1.807, 2.05) is 45.9 Å². The van der Waals surface area contributed by atoms with Gasteiger partial charge in [-0.1, -0.05) is 17.7 Å². The summed E-state index contributed by atoms with van der Waals surface area (Å²) >= 11 is 0. The molecule has 0 aliphatic carbocycles. The molecule has 0 saturated carbocycles. The Bertz CT molecular complexity index is 1410. The van der Waals surface area contributed by atoms with Crippen molar-refractivity contribution in [2.45, 2.75) is 39.5 Å². The summed E-state index contributed by atoms with van der Waals surface area (Å²) < 4.78 is 29.9. The highest BCUT2D eigenvalue weighted by molar-refractivity contribution is 7.92. The lowest BCUT2D eigenvalue weighted by atomic mass is 10.2. The van der Waals surface area contributed by atoms with Crippen LogP contribution in [0, 0.1) is 34.6 Å². The molecule has 0 spiro atoms. The van der Waals surface area contributed by atoms with Crippen LogP contribution in [-0.4, -0.2) is 28.4 Å². The minimum atomic E-state index is -3.67. The third kappa shape index (κ3) is 4.73. The summed E-state index contributed by atoms with van der Waals surface area (Å²) in [6, 6.07) is 15.9. The maximum atomic E-state index is 12.8. The zero-order valence-electron chi connectivity index (χ0n) is 19.2. The van der Waals surface area contributed by atoms with Gasteiger partial charge < -0.3 is 5.32 Å². The van der Waals surface area contributed by atoms with E-state index in [0.717, 1.165) is 28.2 Å². The van der Waals surface area contributed by atoms with Crippen molar-refractivity contribution in [1.82, 2.24) is 20.0 Å². The first-order chi connectivity index (χ1) is 15.6.